The first-order valence-electron chi connectivity index (χ1n) is 7.91. The molecule has 23 heavy (non-hydrogen) atoms. The first-order valence-corrected chi connectivity index (χ1v) is 7.91. The lowest BCUT2D eigenvalue weighted by Gasteiger charge is -2.23. The molecule has 0 bridgehead atoms. The van der Waals surface area contributed by atoms with Crippen LogP contribution in [-0.2, 0) is 11.2 Å². The molecule has 0 heterocycles. The van der Waals surface area contributed by atoms with Crippen molar-refractivity contribution in [2.45, 2.75) is 38.1 Å². The third kappa shape index (κ3) is 8.04. The average Bonchev–Trinajstić information content (AvgIpc) is 2.53. The van der Waals surface area contributed by atoms with Gasteiger partial charge in [0.25, 0.3) is 0 Å². The van der Waals surface area contributed by atoms with E-state index in [0.717, 1.165) is 18.4 Å². The Kier molecular flexibility index (Phi) is 8.50. The highest BCUT2D eigenvalue weighted by Crippen LogP contribution is 2.08. The van der Waals surface area contributed by atoms with Crippen LogP contribution in [0.15, 0.2) is 43.0 Å². The summed E-state index contributed by atoms with van der Waals surface area (Å²) in [5.74, 6) is -0.850. The van der Waals surface area contributed by atoms with Crippen molar-refractivity contribution in [3.63, 3.8) is 0 Å². The Bertz CT molecular complexity index is 502. The van der Waals surface area contributed by atoms with E-state index in [9.17, 15) is 9.59 Å². The summed E-state index contributed by atoms with van der Waals surface area (Å²) in [6.07, 6.45) is 4.64. The van der Waals surface area contributed by atoms with E-state index >= 15 is 0 Å². The van der Waals surface area contributed by atoms with E-state index in [0.29, 0.717) is 19.4 Å². The minimum absolute atomic E-state index is 0.0396. The Hall–Kier alpha value is -2.30. The van der Waals surface area contributed by atoms with Crippen LogP contribution >= 0.6 is 0 Å². The van der Waals surface area contributed by atoms with E-state index in [1.165, 1.54) is 0 Å². The van der Waals surface area contributed by atoms with Crippen LogP contribution in [0.1, 0.15) is 31.2 Å². The molecule has 0 spiro atoms. The molecular formula is C18H26N2O3. The van der Waals surface area contributed by atoms with Gasteiger partial charge in [0.2, 0.25) is 0 Å². The maximum Gasteiger partial charge on any atom is 0.317 e. The first-order chi connectivity index (χ1) is 11.0. The summed E-state index contributed by atoms with van der Waals surface area (Å²) in [6.45, 7) is 4.31. The predicted octanol–water partition coefficient (Wildman–Crippen LogP) is 3.07. The average molecular weight is 318 g/mol. The molecule has 0 aliphatic carbocycles. The van der Waals surface area contributed by atoms with Gasteiger partial charge in [-0.15, -0.1) is 6.58 Å². The lowest BCUT2D eigenvalue weighted by Crippen LogP contribution is -2.44. The van der Waals surface area contributed by atoms with E-state index < -0.39 is 5.97 Å². The van der Waals surface area contributed by atoms with Gasteiger partial charge in [-0.25, -0.2) is 4.79 Å². The van der Waals surface area contributed by atoms with E-state index in [4.69, 9.17) is 5.11 Å². The highest BCUT2D eigenvalue weighted by atomic mass is 16.4. The van der Waals surface area contributed by atoms with Gasteiger partial charge in [-0.3, -0.25) is 4.79 Å². The van der Waals surface area contributed by atoms with Crippen molar-refractivity contribution < 1.29 is 14.7 Å². The molecule has 1 aromatic rings. The van der Waals surface area contributed by atoms with Crippen LogP contribution < -0.4 is 5.32 Å². The molecule has 1 atom stereocenters. The Morgan fingerprint density at radius 2 is 2.04 bits per heavy atom. The molecule has 1 unspecified atom stereocenters. The van der Waals surface area contributed by atoms with Gasteiger partial charge in [0, 0.05) is 26.1 Å². The molecule has 0 aliphatic heterocycles. The predicted molar refractivity (Wildman–Crippen MR) is 91.4 cm³/mol. The molecule has 5 nitrogen and oxygen atoms in total. The number of carboxylic acid groups (broad SMARTS) is 1. The number of rotatable bonds is 10. The number of amides is 2. The number of carboxylic acids is 1. The van der Waals surface area contributed by atoms with Crippen LogP contribution in [0.4, 0.5) is 4.79 Å². The fourth-order valence-corrected chi connectivity index (χ4v) is 2.28. The van der Waals surface area contributed by atoms with Gasteiger partial charge in [-0.1, -0.05) is 36.4 Å². The van der Waals surface area contributed by atoms with Gasteiger partial charge in [-0.2, -0.15) is 0 Å². The van der Waals surface area contributed by atoms with Gasteiger partial charge in [-0.05, 0) is 31.2 Å². The number of unbranched alkanes of at least 4 members (excludes halogenated alkanes) is 1. The minimum atomic E-state index is -0.850. The van der Waals surface area contributed by atoms with Crippen molar-refractivity contribution >= 4 is 12.0 Å². The smallest absolute Gasteiger partial charge is 0.317 e. The summed E-state index contributed by atoms with van der Waals surface area (Å²) in [5.41, 5.74) is 1.08. The summed E-state index contributed by atoms with van der Waals surface area (Å²) in [5, 5.41) is 11.8. The second kappa shape index (κ2) is 10.4. The molecule has 0 radical (unpaired) electrons. The van der Waals surface area contributed by atoms with Crippen LogP contribution in [0.2, 0.25) is 0 Å². The Balaban J connectivity index is 2.58. The summed E-state index contributed by atoms with van der Waals surface area (Å²) in [7, 11) is 1.75. The number of urea groups is 1. The Labute approximate surface area is 138 Å². The van der Waals surface area contributed by atoms with E-state index in [-0.39, 0.29) is 18.5 Å². The Morgan fingerprint density at radius 1 is 1.35 bits per heavy atom. The number of allylic oxidation sites excluding steroid dienone is 1. The fraction of sp³-hybridized carbons (Fsp3) is 0.444. The summed E-state index contributed by atoms with van der Waals surface area (Å²) < 4.78 is 0. The van der Waals surface area contributed by atoms with E-state index in [1.54, 1.807) is 11.9 Å². The van der Waals surface area contributed by atoms with Crippen molar-refractivity contribution in [2.24, 2.45) is 0 Å². The van der Waals surface area contributed by atoms with Crippen molar-refractivity contribution in [2.75, 3.05) is 13.6 Å². The topological polar surface area (TPSA) is 69.6 Å². The third-order valence-electron chi connectivity index (χ3n) is 3.61. The molecule has 0 saturated carbocycles. The molecule has 126 valence electrons. The van der Waals surface area contributed by atoms with E-state index in [2.05, 4.69) is 11.9 Å². The SMILES string of the molecule is C=CCCCN(C)C(=O)NC(CCC(=O)O)Cc1ccccc1. The number of benzene rings is 1. The lowest BCUT2D eigenvalue weighted by atomic mass is 10.0. The molecule has 5 heteroatoms. The molecule has 0 fully saturated rings. The maximum atomic E-state index is 12.2. The zero-order valence-corrected chi connectivity index (χ0v) is 13.7. The van der Waals surface area contributed by atoms with Gasteiger partial charge in [0.15, 0.2) is 0 Å². The number of nitrogens with zero attached hydrogens (tertiary/aromatic N) is 1. The second-order valence-corrected chi connectivity index (χ2v) is 5.62. The monoisotopic (exact) mass is 318 g/mol. The number of nitrogens with one attached hydrogen (secondary N) is 1. The summed E-state index contributed by atoms with van der Waals surface area (Å²) >= 11 is 0. The Morgan fingerprint density at radius 3 is 2.65 bits per heavy atom. The molecule has 2 amide bonds. The molecule has 2 N–H and O–H groups in total. The van der Waals surface area contributed by atoms with Crippen molar-refractivity contribution in [1.82, 2.24) is 10.2 Å². The molecule has 0 saturated heterocycles. The standard InChI is InChI=1S/C18H26N2O3/c1-3-4-8-13-20(2)18(23)19-16(11-12-17(21)22)14-15-9-6-5-7-10-15/h3,5-7,9-10,16H,1,4,8,11-14H2,2H3,(H,19,23)(H,21,22). The number of carbonyl (C=O) groups is 2. The van der Waals surface area contributed by atoms with Gasteiger partial charge < -0.3 is 15.3 Å². The van der Waals surface area contributed by atoms with Crippen LogP contribution in [0, 0.1) is 0 Å². The minimum Gasteiger partial charge on any atom is -0.481 e. The number of aliphatic carboxylic acids is 1. The largest absolute Gasteiger partial charge is 0.481 e. The number of hydrogen-bond acceptors (Lipinski definition) is 2. The van der Waals surface area contributed by atoms with E-state index in [1.807, 2.05) is 36.4 Å². The zero-order chi connectivity index (χ0) is 17.1. The van der Waals surface area contributed by atoms with Crippen LogP contribution in [0.3, 0.4) is 0 Å². The van der Waals surface area contributed by atoms with Crippen LogP contribution in [0.5, 0.6) is 0 Å². The van der Waals surface area contributed by atoms with Gasteiger partial charge in [0.05, 0.1) is 0 Å². The normalized spacial score (nSPS) is 11.5. The highest BCUT2D eigenvalue weighted by Gasteiger charge is 2.17. The number of carbonyl (C=O) groups excluding carboxylic acids is 1. The maximum absolute atomic E-state index is 12.2. The zero-order valence-electron chi connectivity index (χ0n) is 13.7. The van der Waals surface area contributed by atoms with Crippen molar-refractivity contribution in [3.8, 4) is 0 Å². The molecule has 1 aromatic carbocycles. The van der Waals surface area contributed by atoms with Crippen LogP contribution in [0.25, 0.3) is 0 Å². The molecule has 0 aliphatic rings. The first kappa shape index (κ1) is 18.7. The van der Waals surface area contributed by atoms with Gasteiger partial charge >= 0.3 is 12.0 Å². The highest BCUT2D eigenvalue weighted by molar-refractivity contribution is 5.74. The fourth-order valence-electron chi connectivity index (χ4n) is 2.28. The molecule has 0 aromatic heterocycles. The molecular weight excluding hydrogens is 292 g/mol. The quantitative estimate of drug-likeness (QED) is 0.514. The van der Waals surface area contributed by atoms with Crippen molar-refractivity contribution in [1.29, 1.82) is 0 Å². The summed E-state index contributed by atoms with van der Waals surface area (Å²) in [6, 6.07) is 9.41. The van der Waals surface area contributed by atoms with Crippen LogP contribution in [-0.4, -0.2) is 41.6 Å². The van der Waals surface area contributed by atoms with Crippen molar-refractivity contribution in [3.05, 3.63) is 48.6 Å². The van der Waals surface area contributed by atoms with Gasteiger partial charge in [0.1, 0.15) is 0 Å². The second-order valence-electron chi connectivity index (χ2n) is 5.62. The summed E-state index contributed by atoms with van der Waals surface area (Å²) in [4.78, 5) is 24.7. The lowest BCUT2D eigenvalue weighted by molar-refractivity contribution is -0.137. The molecule has 1 rings (SSSR count). The third-order valence-corrected chi connectivity index (χ3v) is 3.61. The number of hydrogen-bond donors (Lipinski definition) is 2.